The molecule has 0 aliphatic heterocycles. The third-order valence-corrected chi connectivity index (χ3v) is 7.78. The van der Waals surface area contributed by atoms with Crippen LogP contribution in [0.2, 0.25) is 0 Å². The number of nitrogens with zero attached hydrogens (tertiary/aromatic N) is 1. The summed E-state index contributed by atoms with van der Waals surface area (Å²) in [7, 11) is 0. The van der Waals surface area contributed by atoms with Gasteiger partial charge in [-0.25, -0.2) is 14.4 Å². The normalized spacial score (nSPS) is 10.4. The summed E-state index contributed by atoms with van der Waals surface area (Å²) in [4.78, 5) is 80.4. The molecule has 0 spiro atoms. The molecule has 19 heteroatoms. The number of benzene rings is 4. The van der Waals surface area contributed by atoms with Gasteiger partial charge in [-0.1, -0.05) is 12.1 Å². The summed E-state index contributed by atoms with van der Waals surface area (Å²) in [6.07, 6.45) is 0. The molecule has 0 saturated carbocycles. The van der Waals surface area contributed by atoms with E-state index in [2.05, 4.69) is 5.32 Å². The largest absolute Gasteiger partial charge is 0.506 e. The number of hydrogen-bond acceptors (Lipinski definition) is 18. The first-order valence-electron chi connectivity index (χ1n) is 18.8. The van der Waals surface area contributed by atoms with E-state index in [1.807, 2.05) is 0 Å². The monoisotopic (exact) mass is 860 g/mol. The molecular formula is C43H44N2O17. The van der Waals surface area contributed by atoms with Crippen LogP contribution in [0.5, 0.6) is 40.2 Å². The number of fused-ring (bicyclic) bond motifs is 1. The van der Waals surface area contributed by atoms with E-state index in [0.717, 1.165) is 5.56 Å². The number of ether oxygens (including phenoxy) is 8. The van der Waals surface area contributed by atoms with Crippen LogP contribution in [0.3, 0.4) is 0 Å². The number of aromatic nitrogens is 1. The highest BCUT2D eigenvalue weighted by molar-refractivity contribution is 5.78. The van der Waals surface area contributed by atoms with E-state index in [1.54, 1.807) is 62.4 Å². The van der Waals surface area contributed by atoms with Crippen molar-refractivity contribution in [1.29, 1.82) is 0 Å². The van der Waals surface area contributed by atoms with E-state index in [0.29, 0.717) is 16.8 Å². The molecular weight excluding hydrogens is 816 g/mol. The third kappa shape index (κ3) is 14.5. The van der Waals surface area contributed by atoms with Crippen LogP contribution in [0.15, 0.2) is 82.0 Å². The van der Waals surface area contributed by atoms with Crippen molar-refractivity contribution in [2.75, 3.05) is 31.7 Å². The van der Waals surface area contributed by atoms with Crippen molar-refractivity contribution in [3.05, 3.63) is 94.5 Å². The van der Waals surface area contributed by atoms with Gasteiger partial charge in [-0.2, -0.15) is 0 Å². The Kier molecular flexibility index (Phi) is 17.0. The van der Waals surface area contributed by atoms with Gasteiger partial charge in [0.15, 0.2) is 41.8 Å². The molecule has 0 fully saturated rings. The molecule has 0 unspecified atom stereocenters. The Labute approximate surface area is 353 Å². The van der Waals surface area contributed by atoms with Gasteiger partial charge in [0.1, 0.15) is 17.2 Å². The molecule has 5 aromatic rings. The van der Waals surface area contributed by atoms with Crippen LogP contribution in [-0.4, -0.2) is 71.9 Å². The van der Waals surface area contributed by atoms with Crippen LogP contribution in [-0.2, 0) is 51.3 Å². The average molecular weight is 861 g/mol. The Bertz CT molecular complexity index is 2490. The van der Waals surface area contributed by atoms with Gasteiger partial charge in [0.25, 0.3) is 0 Å². The third-order valence-electron chi connectivity index (χ3n) is 7.78. The van der Waals surface area contributed by atoms with Crippen LogP contribution in [0, 0.1) is 0 Å². The van der Waals surface area contributed by atoms with Crippen molar-refractivity contribution < 1.29 is 76.2 Å². The molecule has 0 radical (unpaired) electrons. The van der Waals surface area contributed by atoms with Crippen LogP contribution in [0.4, 0.5) is 5.69 Å². The molecule has 62 heavy (non-hydrogen) atoms. The number of carbonyl (C=O) groups is 6. The number of hydrogen-bond donors (Lipinski definition) is 2. The Hall–Kier alpha value is -7.83. The van der Waals surface area contributed by atoms with Gasteiger partial charge in [-0.15, -0.1) is 0 Å². The van der Waals surface area contributed by atoms with Gasteiger partial charge in [0, 0.05) is 46.4 Å². The highest BCUT2D eigenvalue weighted by Gasteiger charge is 2.17. The number of phenolic OH excluding ortho intramolecular Hbond substituents is 1. The lowest BCUT2D eigenvalue weighted by atomic mass is 10.2. The standard InChI is InChI=1S/C22H21NO9.C21H23NO8/c1-4-28-21(26)12-29-18-8-5-15(9-20(18)31-14(3)25)11-23-17-7-6-16(30-13(2)24)10-19(17)32-22(23)27;1-4-27-21(26)12-28-19-8-5-15(9-20(19)30-14(3)24)11-22-17-7-6-16(10-18(17)25)29-13(2)23/h5-10H,4,11-12H2,1-3H3;5-10,22,25H,4,11-12H2,1-3H3. The molecule has 19 nitrogen and oxygen atoms in total. The summed E-state index contributed by atoms with van der Waals surface area (Å²) in [5, 5.41) is 13.1. The van der Waals surface area contributed by atoms with Gasteiger partial charge in [0.05, 0.1) is 31.0 Å². The molecule has 0 amide bonds. The quantitative estimate of drug-likeness (QED) is 0.0690. The Balaban J connectivity index is 0.000000273. The summed E-state index contributed by atoms with van der Waals surface area (Å²) in [6.45, 7) is 8.56. The highest BCUT2D eigenvalue weighted by Crippen LogP contribution is 2.32. The van der Waals surface area contributed by atoms with Crippen molar-refractivity contribution in [2.24, 2.45) is 0 Å². The van der Waals surface area contributed by atoms with Gasteiger partial charge < -0.3 is 52.7 Å². The molecule has 0 aliphatic rings. The second-order valence-corrected chi connectivity index (χ2v) is 12.7. The lowest BCUT2D eigenvalue weighted by Crippen LogP contribution is -2.16. The Morgan fingerprint density at radius 1 is 0.613 bits per heavy atom. The Morgan fingerprint density at radius 2 is 1.11 bits per heavy atom. The second kappa shape index (κ2) is 22.5. The minimum atomic E-state index is -0.614. The zero-order valence-electron chi connectivity index (χ0n) is 34.6. The minimum absolute atomic E-state index is 0.0941. The number of carbonyl (C=O) groups excluding carboxylic acids is 6. The van der Waals surface area contributed by atoms with E-state index in [9.17, 15) is 38.7 Å². The lowest BCUT2D eigenvalue weighted by molar-refractivity contribution is -0.146. The summed E-state index contributed by atoms with van der Waals surface area (Å²) in [6, 6.07) is 18.6. The zero-order valence-corrected chi connectivity index (χ0v) is 34.6. The van der Waals surface area contributed by atoms with Crippen molar-refractivity contribution in [1.82, 2.24) is 4.57 Å². The average Bonchev–Trinajstić information content (AvgIpc) is 3.49. The molecule has 1 heterocycles. The number of oxazole rings is 1. The highest BCUT2D eigenvalue weighted by atomic mass is 16.6. The predicted octanol–water partition coefficient (Wildman–Crippen LogP) is 5.23. The van der Waals surface area contributed by atoms with E-state index in [1.165, 1.54) is 56.5 Å². The minimum Gasteiger partial charge on any atom is -0.506 e. The fourth-order valence-corrected chi connectivity index (χ4v) is 5.40. The maximum absolute atomic E-state index is 12.4. The number of nitrogens with one attached hydrogen (secondary N) is 1. The fourth-order valence-electron chi connectivity index (χ4n) is 5.40. The molecule has 0 atom stereocenters. The first-order valence-corrected chi connectivity index (χ1v) is 18.8. The van der Waals surface area contributed by atoms with Crippen molar-refractivity contribution in [3.63, 3.8) is 0 Å². The van der Waals surface area contributed by atoms with Crippen LogP contribution in [0.25, 0.3) is 11.1 Å². The second-order valence-electron chi connectivity index (χ2n) is 12.7. The smallest absolute Gasteiger partial charge is 0.420 e. The first kappa shape index (κ1) is 46.9. The van der Waals surface area contributed by atoms with Crippen molar-refractivity contribution >= 4 is 52.6 Å². The van der Waals surface area contributed by atoms with Gasteiger partial charge >= 0.3 is 41.6 Å². The van der Waals surface area contributed by atoms with E-state index < -0.39 is 41.6 Å². The lowest BCUT2D eigenvalue weighted by Gasteiger charge is -2.14. The van der Waals surface area contributed by atoms with Crippen LogP contribution < -0.4 is 39.5 Å². The number of aromatic hydroxyl groups is 1. The molecule has 1 aromatic heterocycles. The molecule has 5 rings (SSSR count). The number of phenols is 1. The molecule has 0 aliphatic carbocycles. The van der Waals surface area contributed by atoms with Crippen molar-refractivity contribution in [3.8, 4) is 40.2 Å². The SMILES string of the molecule is CCOC(=O)COc1ccc(CNc2ccc(OC(C)=O)cc2O)cc1OC(C)=O.CCOC(=O)COc1ccc(Cn2c(=O)oc3cc(OC(C)=O)ccc32)cc1OC(C)=O. The molecule has 0 saturated heterocycles. The van der Waals surface area contributed by atoms with Gasteiger partial charge in [0.2, 0.25) is 0 Å². The maximum Gasteiger partial charge on any atom is 0.420 e. The van der Waals surface area contributed by atoms with Crippen molar-refractivity contribution in [2.45, 2.75) is 54.6 Å². The molecule has 2 N–H and O–H groups in total. The molecule has 0 bridgehead atoms. The predicted molar refractivity (Wildman–Crippen MR) is 217 cm³/mol. The Morgan fingerprint density at radius 3 is 1.63 bits per heavy atom. The van der Waals surface area contributed by atoms with Crippen LogP contribution >= 0.6 is 0 Å². The van der Waals surface area contributed by atoms with Crippen LogP contribution in [0.1, 0.15) is 52.7 Å². The van der Waals surface area contributed by atoms with E-state index in [-0.39, 0.29) is 85.3 Å². The number of rotatable bonds is 17. The number of anilines is 1. The molecule has 328 valence electrons. The summed E-state index contributed by atoms with van der Waals surface area (Å²) in [5.41, 5.74) is 2.49. The van der Waals surface area contributed by atoms with E-state index in [4.69, 9.17) is 42.3 Å². The summed E-state index contributed by atoms with van der Waals surface area (Å²) in [5.74, 6) is -2.78. The van der Waals surface area contributed by atoms with Gasteiger partial charge in [-0.05, 0) is 73.5 Å². The van der Waals surface area contributed by atoms with Gasteiger partial charge in [-0.3, -0.25) is 23.7 Å². The topological polar surface area (TPSA) is 244 Å². The maximum atomic E-state index is 12.4. The fraction of sp³-hybridized carbons (Fsp3) is 0.279. The molecule has 4 aromatic carbocycles. The first-order chi connectivity index (χ1) is 29.5. The summed E-state index contributed by atoms with van der Waals surface area (Å²) >= 11 is 0. The zero-order chi connectivity index (χ0) is 45.3. The summed E-state index contributed by atoms with van der Waals surface area (Å²) < 4.78 is 47.3. The van der Waals surface area contributed by atoms with E-state index >= 15 is 0 Å². The number of esters is 6.